The number of hydrogen-bond acceptors (Lipinski definition) is 2. The number of rotatable bonds is 1. The normalized spacial score (nSPS) is 15.1. The van der Waals surface area contributed by atoms with E-state index in [1.807, 2.05) is 0 Å². The number of amidine groups is 1. The minimum Gasteiger partial charge on any atom is -0.290 e. The molecule has 0 bridgehead atoms. The lowest BCUT2D eigenvalue weighted by atomic mass is 10.1. The number of fused-ring (bicyclic) bond motifs is 1. The SMILES string of the molecule is O=C1C=CC(=NC(=Nc2ccc(Cl)c3ccccc23)C(F)(F)F)C=C1. The van der Waals surface area contributed by atoms with Crippen molar-refractivity contribution in [2.75, 3.05) is 0 Å². The van der Waals surface area contributed by atoms with Crippen molar-refractivity contribution in [2.24, 2.45) is 9.98 Å². The van der Waals surface area contributed by atoms with Gasteiger partial charge >= 0.3 is 6.18 Å². The molecule has 0 aromatic heterocycles. The number of carbonyl (C=O) groups is 1. The standard InChI is InChI=1S/C18H10ClF3N2O/c19-15-9-10-16(14-4-2-1-3-13(14)15)24-17(18(20,21)22)23-11-5-7-12(25)8-6-11/h1-10H. The molecule has 0 saturated carbocycles. The van der Waals surface area contributed by atoms with Gasteiger partial charge in [0, 0.05) is 15.8 Å². The predicted octanol–water partition coefficient (Wildman–Crippen LogP) is 5.22. The smallest absolute Gasteiger partial charge is 0.290 e. The molecular weight excluding hydrogens is 353 g/mol. The van der Waals surface area contributed by atoms with E-state index in [2.05, 4.69) is 9.98 Å². The molecule has 1 aliphatic carbocycles. The molecule has 0 atom stereocenters. The number of nitrogens with zero attached hydrogens (tertiary/aromatic N) is 2. The first-order valence-electron chi connectivity index (χ1n) is 7.16. The fourth-order valence-electron chi connectivity index (χ4n) is 2.25. The van der Waals surface area contributed by atoms with Gasteiger partial charge in [0.05, 0.1) is 11.4 Å². The maximum absolute atomic E-state index is 13.3. The van der Waals surface area contributed by atoms with Crippen molar-refractivity contribution >= 4 is 45.4 Å². The first kappa shape index (κ1) is 17.1. The maximum Gasteiger partial charge on any atom is 0.451 e. The Morgan fingerprint density at radius 1 is 0.920 bits per heavy atom. The van der Waals surface area contributed by atoms with Crippen molar-refractivity contribution in [3.8, 4) is 0 Å². The Labute approximate surface area is 145 Å². The zero-order chi connectivity index (χ0) is 18.0. The molecule has 0 fully saturated rings. The fraction of sp³-hybridized carbons (Fsp3) is 0.0556. The first-order chi connectivity index (χ1) is 11.8. The van der Waals surface area contributed by atoms with Crippen LogP contribution >= 0.6 is 11.6 Å². The molecule has 1 aliphatic rings. The molecule has 0 amide bonds. The molecule has 0 N–H and O–H groups in total. The third-order valence-electron chi connectivity index (χ3n) is 3.40. The minimum atomic E-state index is -4.75. The number of alkyl halides is 3. The molecule has 3 nitrogen and oxygen atoms in total. The zero-order valence-electron chi connectivity index (χ0n) is 12.6. The van der Waals surface area contributed by atoms with Crippen LogP contribution in [0.1, 0.15) is 0 Å². The van der Waals surface area contributed by atoms with Crippen LogP contribution in [-0.4, -0.2) is 23.5 Å². The van der Waals surface area contributed by atoms with E-state index in [0.29, 0.717) is 15.8 Å². The van der Waals surface area contributed by atoms with Gasteiger partial charge in [-0.1, -0.05) is 35.9 Å². The topological polar surface area (TPSA) is 41.8 Å². The summed E-state index contributed by atoms with van der Waals surface area (Å²) in [5.41, 5.74) is 0.102. The summed E-state index contributed by atoms with van der Waals surface area (Å²) in [6.07, 6.45) is -0.0426. The Morgan fingerprint density at radius 3 is 2.20 bits per heavy atom. The van der Waals surface area contributed by atoms with Gasteiger partial charge in [-0.25, -0.2) is 9.98 Å². The Bertz CT molecular complexity index is 954. The summed E-state index contributed by atoms with van der Waals surface area (Å²) in [4.78, 5) is 18.3. The molecule has 0 spiro atoms. The van der Waals surface area contributed by atoms with E-state index < -0.39 is 12.0 Å². The van der Waals surface area contributed by atoms with Crippen LogP contribution in [-0.2, 0) is 4.79 Å². The summed E-state index contributed by atoms with van der Waals surface area (Å²) in [7, 11) is 0. The Morgan fingerprint density at radius 2 is 1.56 bits per heavy atom. The lowest BCUT2D eigenvalue weighted by molar-refractivity contribution is -0.110. The summed E-state index contributed by atoms with van der Waals surface area (Å²) in [6.45, 7) is 0. The highest BCUT2D eigenvalue weighted by Gasteiger charge is 2.36. The van der Waals surface area contributed by atoms with Crippen molar-refractivity contribution < 1.29 is 18.0 Å². The molecule has 25 heavy (non-hydrogen) atoms. The number of allylic oxidation sites excluding steroid dienone is 4. The van der Waals surface area contributed by atoms with Crippen molar-refractivity contribution in [1.82, 2.24) is 0 Å². The molecule has 0 saturated heterocycles. The second-order valence-electron chi connectivity index (χ2n) is 5.15. The second-order valence-corrected chi connectivity index (χ2v) is 5.56. The quantitative estimate of drug-likeness (QED) is 0.389. The monoisotopic (exact) mass is 362 g/mol. The summed E-state index contributed by atoms with van der Waals surface area (Å²) < 4.78 is 40.0. The van der Waals surface area contributed by atoms with Crippen LogP contribution in [0.25, 0.3) is 10.8 Å². The molecule has 126 valence electrons. The van der Waals surface area contributed by atoms with Crippen molar-refractivity contribution in [3.05, 3.63) is 65.7 Å². The van der Waals surface area contributed by atoms with Crippen LogP contribution in [0.2, 0.25) is 5.02 Å². The second kappa shape index (κ2) is 6.64. The Kier molecular flexibility index (Phi) is 4.55. The summed E-state index contributed by atoms with van der Waals surface area (Å²) in [5.74, 6) is -1.62. The first-order valence-corrected chi connectivity index (χ1v) is 7.54. The maximum atomic E-state index is 13.3. The van der Waals surface area contributed by atoms with Gasteiger partial charge in [-0.15, -0.1) is 0 Å². The molecule has 7 heteroatoms. The van der Waals surface area contributed by atoms with E-state index in [1.165, 1.54) is 24.3 Å². The van der Waals surface area contributed by atoms with Crippen molar-refractivity contribution in [1.29, 1.82) is 0 Å². The summed E-state index contributed by atoms with van der Waals surface area (Å²) in [6, 6.07) is 9.67. The van der Waals surface area contributed by atoms with Gasteiger partial charge in [-0.2, -0.15) is 13.2 Å². The van der Waals surface area contributed by atoms with Gasteiger partial charge in [-0.05, 0) is 36.4 Å². The predicted molar refractivity (Wildman–Crippen MR) is 92.8 cm³/mol. The van der Waals surface area contributed by atoms with Crippen LogP contribution in [0.15, 0.2) is 70.7 Å². The number of carbonyl (C=O) groups excluding carboxylic acids is 1. The van der Waals surface area contributed by atoms with E-state index in [9.17, 15) is 18.0 Å². The molecule has 0 radical (unpaired) electrons. The number of ketones is 1. The van der Waals surface area contributed by atoms with Crippen LogP contribution in [0, 0.1) is 0 Å². The number of halogens is 4. The van der Waals surface area contributed by atoms with Gasteiger partial charge < -0.3 is 0 Å². The molecule has 2 aromatic rings. The minimum absolute atomic E-state index is 0.00561. The third kappa shape index (κ3) is 3.85. The van der Waals surface area contributed by atoms with Crippen molar-refractivity contribution in [2.45, 2.75) is 6.18 Å². The molecule has 3 rings (SSSR count). The zero-order valence-corrected chi connectivity index (χ0v) is 13.3. The van der Waals surface area contributed by atoms with Crippen LogP contribution < -0.4 is 0 Å². The molecule has 0 heterocycles. The largest absolute Gasteiger partial charge is 0.451 e. The number of hydrogen-bond donors (Lipinski definition) is 0. The van der Waals surface area contributed by atoms with E-state index in [-0.39, 0.29) is 17.2 Å². The van der Waals surface area contributed by atoms with Gasteiger partial charge in [0.15, 0.2) is 5.78 Å². The molecular formula is C18H10ClF3N2O. The average molecular weight is 363 g/mol. The van der Waals surface area contributed by atoms with E-state index in [4.69, 9.17) is 11.6 Å². The van der Waals surface area contributed by atoms with Crippen LogP contribution in [0.3, 0.4) is 0 Å². The van der Waals surface area contributed by atoms with E-state index in [0.717, 1.165) is 12.2 Å². The fourth-order valence-corrected chi connectivity index (χ4v) is 2.48. The highest BCUT2D eigenvalue weighted by Crippen LogP contribution is 2.33. The summed E-state index contributed by atoms with van der Waals surface area (Å²) >= 11 is 6.08. The lowest BCUT2D eigenvalue weighted by Gasteiger charge is -2.09. The summed E-state index contributed by atoms with van der Waals surface area (Å²) in [5, 5.41) is 1.51. The van der Waals surface area contributed by atoms with E-state index >= 15 is 0 Å². The van der Waals surface area contributed by atoms with E-state index in [1.54, 1.807) is 24.3 Å². The molecule has 0 unspecified atom stereocenters. The third-order valence-corrected chi connectivity index (χ3v) is 3.73. The van der Waals surface area contributed by atoms with Crippen molar-refractivity contribution in [3.63, 3.8) is 0 Å². The average Bonchev–Trinajstić information content (AvgIpc) is 2.58. The van der Waals surface area contributed by atoms with Gasteiger partial charge in [0.25, 0.3) is 0 Å². The molecule has 0 aliphatic heterocycles. The highest BCUT2D eigenvalue weighted by molar-refractivity contribution is 6.36. The molecule has 2 aromatic carbocycles. The lowest BCUT2D eigenvalue weighted by Crippen LogP contribution is -2.22. The number of benzene rings is 2. The van der Waals surface area contributed by atoms with Crippen LogP contribution in [0.4, 0.5) is 18.9 Å². The van der Waals surface area contributed by atoms with Gasteiger partial charge in [0.1, 0.15) is 0 Å². The van der Waals surface area contributed by atoms with Crippen LogP contribution in [0.5, 0.6) is 0 Å². The van der Waals surface area contributed by atoms with Gasteiger partial charge in [-0.3, -0.25) is 4.79 Å². The Hall–Kier alpha value is -2.73. The highest BCUT2D eigenvalue weighted by atomic mass is 35.5. The van der Waals surface area contributed by atoms with Gasteiger partial charge in [0.2, 0.25) is 5.84 Å². The number of aliphatic imine (C=N–C) groups is 2. The Balaban J connectivity index is 2.14.